The van der Waals surface area contributed by atoms with E-state index in [0.29, 0.717) is 24.5 Å². The predicted molar refractivity (Wildman–Crippen MR) is 97.7 cm³/mol. The maximum Gasteiger partial charge on any atom is 0.338 e. The number of hydrogen-bond acceptors (Lipinski definition) is 4. The molecule has 0 fully saturated rings. The van der Waals surface area contributed by atoms with Gasteiger partial charge in [-0.15, -0.1) is 0 Å². The number of amides is 1. The lowest BCUT2D eigenvalue weighted by atomic mass is 10.2. The third kappa shape index (κ3) is 5.80. The van der Waals surface area contributed by atoms with Crippen LogP contribution in [0.15, 0.2) is 54.6 Å². The van der Waals surface area contributed by atoms with Crippen molar-refractivity contribution in [2.75, 3.05) is 18.5 Å². The van der Waals surface area contributed by atoms with E-state index in [4.69, 9.17) is 9.47 Å². The zero-order chi connectivity index (χ0) is 18.1. The SMILES string of the molecule is CCOC(=O)c1ccc(NC(=O)C=Cc2ccc(OCC)cc2)cc1. The van der Waals surface area contributed by atoms with E-state index in [9.17, 15) is 9.59 Å². The summed E-state index contributed by atoms with van der Waals surface area (Å²) < 4.78 is 10.3. The van der Waals surface area contributed by atoms with Gasteiger partial charge in [0.05, 0.1) is 18.8 Å². The maximum atomic E-state index is 12.0. The molecule has 0 bridgehead atoms. The number of esters is 1. The molecule has 25 heavy (non-hydrogen) atoms. The van der Waals surface area contributed by atoms with Crippen LogP contribution in [0.1, 0.15) is 29.8 Å². The molecule has 1 N–H and O–H groups in total. The van der Waals surface area contributed by atoms with Crippen LogP contribution in [0.2, 0.25) is 0 Å². The van der Waals surface area contributed by atoms with Crippen molar-refractivity contribution >= 4 is 23.6 Å². The summed E-state index contributed by atoms with van der Waals surface area (Å²) in [5.74, 6) is 0.166. The number of nitrogens with one attached hydrogen (secondary N) is 1. The molecule has 1 amide bonds. The van der Waals surface area contributed by atoms with Gasteiger partial charge in [-0.25, -0.2) is 4.79 Å². The van der Waals surface area contributed by atoms with Crippen molar-refractivity contribution in [1.82, 2.24) is 0 Å². The van der Waals surface area contributed by atoms with E-state index >= 15 is 0 Å². The number of rotatable bonds is 7. The minimum atomic E-state index is -0.379. The molecule has 2 rings (SSSR count). The molecule has 0 aliphatic heterocycles. The quantitative estimate of drug-likeness (QED) is 0.613. The monoisotopic (exact) mass is 339 g/mol. The van der Waals surface area contributed by atoms with Crippen molar-refractivity contribution < 1.29 is 19.1 Å². The fourth-order valence-electron chi connectivity index (χ4n) is 2.10. The average Bonchev–Trinajstić information content (AvgIpc) is 2.62. The molecule has 0 aliphatic rings. The molecule has 0 aromatic heterocycles. The molecule has 0 spiro atoms. The molecule has 0 aliphatic carbocycles. The van der Waals surface area contributed by atoms with Gasteiger partial charge in [-0.2, -0.15) is 0 Å². The fraction of sp³-hybridized carbons (Fsp3) is 0.200. The van der Waals surface area contributed by atoms with Crippen LogP contribution in [0.3, 0.4) is 0 Å². The van der Waals surface area contributed by atoms with Gasteiger partial charge in [-0.05, 0) is 61.9 Å². The summed E-state index contributed by atoms with van der Waals surface area (Å²) in [6.07, 6.45) is 3.17. The first-order valence-corrected chi connectivity index (χ1v) is 8.11. The van der Waals surface area contributed by atoms with Crippen LogP contribution in [-0.2, 0) is 9.53 Å². The molecule has 0 atom stereocenters. The number of anilines is 1. The van der Waals surface area contributed by atoms with Crippen molar-refractivity contribution in [3.63, 3.8) is 0 Å². The van der Waals surface area contributed by atoms with Gasteiger partial charge in [0.15, 0.2) is 0 Å². The predicted octanol–water partition coefficient (Wildman–Crippen LogP) is 3.91. The van der Waals surface area contributed by atoms with Crippen LogP contribution in [-0.4, -0.2) is 25.1 Å². The Morgan fingerprint density at radius 3 is 2.24 bits per heavy atom. The summed E-state index contributed by atoms with van der Waals surface area (Å²) >= 11 is 0. The number of carbonyl (C=O) groups excluding carboxylic acids is 2. The van der Waals surface area contributed by atoms with Crippen LogP contribution in [0.25, 0.3) is 6.08 Å². The topological polar surface area (TPSA) is 64.6 Å². The zero-order valence-electron chi connectivity index (χ0n) is 14.3. The standard InChI is InChI=1S/C20H21NO4/c1-3-24-18-12-5-15(6-13-18)7-14-19(22)21-17-10-8-16(9-11-17)20(23)25-4-2/h5-14H,3-4H2,1-2H3,(H,21,22). The highest BCUT2D eigenvalue weighted by atomic mass is 16.5. The molecular formula is C20H21NO4. The van der Waals surface area contributed by atoms with E-state index in [0.717, 1.165) is 11.3 Å². The summed E-state index contributed by atoms with van der Waals surface area (Å²) in [6.45, 7) is 4.63. The van der Waals surface area contributed by atoms with Crippen molar-refractivity contribution in [2.24, 2.45) is 0 Å². The summed E-state index contributed by atoms with van der Waals surface area (Å²) in [4.78, 5) is 23.5. The van der Waals surface area contributed by atoms with E-state index in [1.54, 1.807) is 37.3 Å². The first-order chi connectivity index (χ1) is 12.1. The highest BCUT2D eigenvalue weighted by Gasteiger charge is 2.06. The van der Waals surface area contributed by atoms with E-state index in [1.807, 2.05) is 31.2 Å². The molecule has 2 aromatic carbocycles. The second-order valence-corrected chi connectivity index (χ2v) is 5.12. The molecular weight excluding hydrogens is 318 g/mol. The van der Waals surface area contributed by atoms with Crippen molar-refractivity contribution in [2.45, 2.75) is 13.8 Å². The number of hydrogen-bond donors (Lipinski definition) is 1. The Balaban J connectivity index is 1.92. The molecule has 0 unspecified atom stereocenters. The number of carbonyl (C=O) groups is 2. The van der Waals surface area contributed by atoms with Crippen molar-refractivity contribution in [3.8, 4) is 5.75 Å². The van der Waals surface area contributed by atoms with E-state index < -0.39 is 0 Å². The lowest BCUT2D eigenvalue weighted by Gasteiger charge is -2.05. The third-order valence-corrected chi connectivity index (χ3v) is 3.28. The van der Waals surface area contributed by atoms with Gasteiger partial charge in [0, 0.05) is 11.8 Å². The lowest BCUT2D eigenvalue weighted by Crippen LogP contribution is -2.08. The van der Waals surface area contributed by atoms with Gasteiger partial charge in [0.25, 0.3) is 0 Å². The number of ether oxygens (including phenoxy) is 2. The van der Waals surface area contributed by atoms with Crippen LogP contribution in [0, 0.1) is 0 Å². The summed E-state index contributed by atoms with van der Waals surface area (Å²) in [5.41, 5.74) is 1.95. The second-order valence-electron chi connectivity index (χ2n) is 5.12. The van der Waals surface area contributed by atoms with Crippen LogP contribution in [0.4, 0.5) is 5.69 Å². The molecule has 0 saturated carbocycles. The van der Waals surface area contributed by atoms with Gasteiger partial charge in [-0.1, -0.05) is 12.1 Å². The van der Waals surface area contributed by atoms with Gasteiger partial charge in [0.2, 0.25) is 5.91 Å². The Morgan fingerprint density at radius 1 is 0.960 bits per heavy atom. The van der Waals surface area contributed by atoms with E-state index in [1.165, 1.54) is 6.08 Å². The fourth-order valence-corrected chi connectivity index (χ4v) is 2.10. The highest BCUT2D eigenvalue weighted by Crippen LogP contribution is 2.14. The smallest absolute Gasteiger partial charge is 0.338 e. The minimum Gasteiger partial charge on any atom is -0.494 e. The van der Waals surface area contributed by atoms with Crippen molar-refractivity contribution in [1.29, 1.82) is 0 Å². The van der Waals surface area contributed by atoms with E-state index in [-0.39, 0.29) is 11.9 Å². The van der Waals surface area contributed by atoms with Crippen LogP contribution in [0.5, 0.6) is 5.75 Å². The molecule has 0 radical (unpaired) electrons. The lowest BCUT2D eigenvalue weighted by molar-refractivity contribution is -0.111. The highest BCUT2D eigenvalue weighted by molar-refractivity contribution is 6.02. The Bertz CT molecular complexity index is 733. The Morgan fingerprint density at radius 2 is 1.64 bits per heavy atom. The molecule has 2 aromatic rings. The van der Waals surface area contributed by atoms with Crippen LogP contribution < -0.4 is 10.1 Å². The van der Waals surface area contributed by atoms with E-state index in [2.05, 4.69) is 5.32 Å². The van der Waals surface area contributed by atoms with Gasteiger partial charge < -0.3 is 14.8 Å². The van der Waals surface area contributed by atoms with Gasteiger partial charge in [0.1, 0.15) is 5.75 Å². The Hall–Kier alpha value is -3.08. The van der Waals surface area contributed by atoms with Crippen LogP contribution >= 0.6 is 0 Å². The van der Waals surface area contributed by atoms with Gasteiger partial charge >= 0.3 is 5.97 Å². The zero-order valence-corrected chi connectivity index (χ0v) is 14.3. The molecule has 130 valence electrons. The molecule has 5 nitrogen and oxygen atoms in total. The second kappa shape index (κ2) is 9.27. The van der Waals surface area contributed by atoms with Crippen molar-refractivity contribution in [3.05, 3.63) is 65.7 Å². The number of benzene rings is 2. The first-order valence-electron chi connectivity index (χ1n) is 8.11. The van der Waals surface area contributed by atoms with Gasteiger partial charge in [-0.3, -0.25) is 4.79 Å². The summed E-state index contributed by atoms with van der Waals surface area (Å²) in [7, 11) is 0. The Kier molecular flexibility index (Phi) is 6.77. The molecule has 5 heteroatoms. The summed E-state index contributed by atoms with van der Waals surface area (Å²) in [5, 5.41) is 2.74. The third-order valence-electron chi connectivity index (χ3n) is 3.28. The summed E-state index contributed by atoms with van der Waals surface area (Å²) in [6, 6.07) is 14.0. The Labute approximate surface area is 147 Å². The maximum absolute atomic E-state index is 12.0. The first kappa shape index (κ1) is 18.3. The average molecular weight is 339 g/mol. The minimum absolute atomic E-state index is 0.252. The molecule has 0 heterocycles. The molecule has 0 saturated heterocycles. The normalized spacial score (nSPS) is 10.5. The largest absolute Gasteiger partial charge is 0.494 e.